The van der Waals surface area contributed by atoms with Gasteiger partial charge >= 0.3 is 5.97 Å². The molecule has 0 aromatic heterocycles. The molecule has 11 heavy (non-hydrogen) atoms. The first-order valence-corrected chi connectivity index (χ1v) is 4.19. The van der Waals surface area contributed by atoms with E-state index < -0.39 is 5.97 Å². The molecule has 3 nitrogen and oxygen atoms in total. The zero-order valence-corrected chi connectivity index (χ0v) is 6.84. The second kappa shape index (κ2) is 3.72. The van der Waals surface area contributed by atoms with Crippen LogP contribution in [0.5, 0.6) is 0 Å². The van der Waals surface area contributed by atoms with Crippen molar-refractivity contribution in [3.8, 4) is 0 Å². The summed E-state index contributed by atoms with van der Waals surface area (Å²) in [5, 5.41) is 11.9. The summed E-state index contributed by atoms with van der Waals surface area (Å²) in [6, 6.07) is 0. The topological polar surface area (TPSA) is 49.3 Å². The Morgan fingerprint density at radius 2 is 2.36 bits per heavy atom. The number of carbonyl (C=O) groups is 1. The maximum Gasteiger partial charge on any atom is 0.308 e. The van der Waals surface area contributed by atoms with Crippen molar-refractivity contribution in [1.82, 2.24) is 5.32 Å². The molecule has 1 rings (SSSR count). The summed E-state index contributed by atoms with van der Waals surface area (Å²) in [6.45, 7) is 3.63. The van der Waals surface area contributed by atoms with E-state index >= 15 is 0 Å². The Morgan fingerprint density at radius 3 is 2.91 bits per heavy atom. The third kappa shape index (κ3) is 1.93. The standard InChI is InChI=1S/C8H15NO2/c1-2-3-6-4-9-5-7(6)8(10)11/h6-7,9H,2-5H2,1H3,(H,10,11)/t6-,7-/m0/s1. The third-order valence-corrected chi connectivity index (χ3v) is 2.32. The number of carboxylic acid groups (broad SMARTS) is 1. The average Bonchev–Trinajstić information content (AvgIpc) is 2.36. The summed E-state index contributed by atoms with van der Waals surface area (Å²) in [5.74, 6) is -0.430. The molecule has 0 unspecified atom stereocenters. The molecule has 0 spiro atoms. The smallest absolute Gasteiger partial charge is 0.308 e. The van der Waals surface area contributed by atoms with Gasteiger partial charge in [0.2, 0.25) is 0 Å². The molecule has 1 fully saturated rings. The van der Waals surface area contributed by atoms with Gasteiger partial charge in [-0.05, 0) is 18.9 Å². The lowest BCUT2D eigenvalue weighted by Crippen LogP contribution is -2.21. The summed E-state index contributed by atoms with van der Waals surface area (Å²) in [7, 11) is 0. The predicted molar refractivity (Wildman–Crippen MR) is 42.4 cm³/mol. The second-order valence-electron chi connectivity index (χ2n) is 3.15. The molecular weight excluding hydrogens is 142 g/mol. The highest BCUT2D eigenvalue weighted by atomic mass is 16.4. The highest BCUT2D eigenvalue weighted by Crippen LogP contribution is 2.21. The van der Waals surface area contributed by atoms with E-state index in [2.05, 4.69) is 12.2 Å². The first kappa shape index (κ1) is 8.53. The van der Waals surface area contributed by atoms with Gasteiger partial charge in [0, 0.05) is 6.54 Å². The number of hydrogen-bond donors (Lipinski definition) is 2. The molecule has 1 aliphatic rings. The number of nitrogens with one attached hydrogen (secondary N) is 1. The normalized spacial score (nSPS) is 30.6. The Labute approximate surface area is 66.8 Å². The van der Waals surface area contributed by atoms with Gasteiger partial charge in [-0.1, -0.05) is 13.3 Å². The molecule has 1 saturated heterocycles. The van der Waals surface area contributed by atoms with E-state index in [1.165, 1.54) is 0 Å². The Kier molecular flexibility index (Phi) is 2.88. The van der Waals surface area contributed by atoms with Crippen molar-refractivity contribution < 1.29 is 9.90 Å². The van der Waals surface area contributed by atoms with E-state index in [1.54, 1.807) is 0 Å². The average molecular weight is 157 g/mol. The SMILES string of the molecule is CCC[C@H]1CNC[C@@H]1C(=O)O. The molecule has 2 N–H and O–H groups in total. The predicted octanol–water partition coefficient (Wildman–Crippen LogP) is 0.707. The van der Waals surface area contributed by atoms with Crippen molar-refractivity contribution in [1.29, 1.82) is 0 Å². The van der Waals surface area contributed by atoms with Crippen LogP contribution in [-0.2, 0) is 4.79 Å². The Bertz CT molecular complexity index is 147. The molecule has 0 saturated carbocycles. The molecule has 0 aromatic carbocycles. The lowest BCUT2D eigenvalue weighted by atomic mass is 9.92. The monoisotopic (exact) mass is 157 g/mol. The molecule has 2 atom stereocenters. The number of carboxylic acids is 1. The Morgan fingerprint density at radius 1 is 1.64 bits per heavy atom. The largest absolute Gasteiger partial charge is 0.481 e. The van der Waals surface area contributed by atoms with E-state index in [4.69, 9.17) is 5.11 Å². The molecular formula is C8H15NO2. The van der Waals surface area contributed by atoms with Gasteiger partial charge in [-0.15, -0.1) is 0 Å². The molecule has 0 aliphatic carbocycles. The van der Waals surface area contributed by atoms with E-state index in [-0.39, 0.29) is 5.92 Å². The van der Waals surface area contributed by atoms with Crippen LogP contribution >= 0.6 is 0 Å². The minimum Gasteiger partial charge on any atom is -0.481 e. The lowest BCUT2D eigenvalue weighted by molar-refractivity contribution is -0.142. The van der Waals surface area contributed by atoms with E-state index in [9.17, 15) is 4.79 Å². The quantitative estimate of drug-likeness (QED) is 0.634. The molecule has 1 aliphatic heterocycles. The molecule has 64 valence electrons. The van der Waals surface area contributed by atoms with Crippen molar-refractivity contribution in [2.45, 2.75) is 19.8 Å². The second-order valence-corrected chi connectivity index (χ2v) is 3.15. The number of rotatable bonds is 3. The summed E-state index contributed by atoms with van der Waals surface area (Å²) in [6.07, 6.45) is 2.11. The maximum atomic E-state index is 10.6. The van der Waals surface area contributed by atoms with Gasteiger partial charge in [-0.2, -0.15) is 0 Å². The van der Waals surface area contributed by atoms with Gasteiger partial charge in [0.1, 0.15) is 0 Å². The summed E-state index contributed by atoms with van der Waals surface area (Å²) < 4.78 is 0. The minimum atomic E-state index is -0.645. The van der Waals surface area contributed by atoms with Crippen LogP contribution in [0.1, 0.15) is 19.8 Å². The molecule has 1 heterocycles. The third-order valence-electron chi connectivity index (χ3n) is 2.32. The number of aliphatic carboxylic acids is 1. The van der Waals surface area contributed by atoms with E-state index in [0.29, 0.717) is 12.5 Å². The summed E-state index contributed by atoms with van der Waals surface area (Å²) in [5.41, 5.74) is 0. The van der Waals surface area contributed by atoms with Crippen molar-refractivity contribution in [2.75, 3.05) is 13.1 Å². The van der Waals surface area contributed by atoms with Gasteiger partial charge in [0.25, 0.3) is 0 Å². The van der Waals surface area contributed by atoms with Crippen molar-refractivity contribution in [2.24, 2.45) is 11.8 Å². The number of hydrogen-bond acceptors (Lipinski definition) is 2. The maximum absolute atomic E-state index is 10.6. The van der Waals surface area contributed by atoms with Crippen molar-refractivity contribution in [3.05, 3.63) is 0 Å². The molecule has 0 aromatic rings. The van der Waals surface area contributed by atoms with Crippen LogP contribution in [0.15, 0.2) is 0 Å². The molecule has 0 radical (unpaired) electrons. The van der Waals surface area contributed by atoms with Crippen LogP contribution in [-0.4, -0.2) is 24.2 Å². The summed E-state index contributed by atoms with van der Waals surface area (Å²) >= 11 is 0. The Balaban J connectivity index is 2.44. The van der Waals surface area contributed by atoms with Gasteiger partial charge in [0.15, 0.2) is 0 Å². The van der Waals surface area contributed by atoms with Crippen LogP contribution in [0.2, 0.25) is 0 Å². The van der Waals surface area contributed by atoms with Gasteiger partial charge in [-0.25, -0.2) is 0 Å². The lowest BCUT2D eigenvalue weighted by Gasteiger charge is -2.12. The van der Waals surface area contributed by atoms with E-state index in [0.717, 1.165) is 19.4 Å². The zero-order valence-electron chi connectivity index (χ0n) is 6.84. The van der Waals surface area contributed by atoms with Gasteiger partial charge in [-0.3, -0.25) is 4.79 Å². The highest BCUT2D eigenvalue weighted by Gasteiger charge is 2.31. The van der Waals surface area contributed by atoms with Gasteiger partial charge in [0.05, 0.1) is 5.92 Å². The van der Waals surface area contributed by atoms with Crippen LogP contribution in [0.3, 0.4) is 0 Å². The van der Waals surface area contributed by atoms with Gasteiger partial charge < -0.3 is 10.4 Å². The minimum absolute atomic E-state index is 0.144. The van der Waals surface area contributed by atoms with Crippen LogP contribution in [0, 0.1) is 11.8 Å². The zero-order chi connectivity index (χ0) is 8.27. The molecule has 3 heteroatoms. The van der Waals surface area contributed by atoms with Crippen LogP contribution < -0.4 is 5.32 Å². The fraction of sp³-hybridized carbons (Fsp3) is 0.875. The molecule has 0 amide bonds. The van der Waals surface area contributed by atoms with E-state index in [1.807, 2.05) is 0 Å². The fourth-order valence-corrected chi connectivity index (χ4v) is 1.70. The van der Waals surface area contributed by atoms with Crippen molar-refractivity contribution >= 4 is 5.97 Å². The van der Waals surface area contributed by atoms with Crippen LogP contribution in [0.25, 0.3) is 0 Å². The molecule has 0 bridgehead atoms. The first-order valence-electron chi connectivity index (χ1n) is 4.19. The van der Waals surface area contributed by atoms with Crippen LogP contribution in [0.4, 0.5) is 0 Å². The first-order chi connectivity index (χ1) is 5.25. The Hall–Kier alpha value is -0.570. The van der Waals surface area contributed by atoms with Crippen molar-refractivity contribution in [3.63, 3.8) is 0 Å². The fourth-order valence-electron chi connectivity index (χ4n) is 1.70. The highest BCUT2D eigenvalue weighted by molar-refractivity contribution is 5.71. The summed E-state index contributed by atoms with van der Waals surface area (Å²) in [4.78, 5) is 10.6.